The van der Waals surface area contributed by atoms with Crippen LogP contribution in [0.3, 0.4) is 0 Å². The van der Waals surface area contributed by atoms with Crippen LogP contribution in [0.25, 0.3) is 0 Å². The summed E-state index contributed by atoms with van der Waals surface area (Å²) in [7, 11) is 0. The molecule has 1 rings (SSSR count). The Kier molecular flexibility index (Phi) is 4.09. The lowest BCUT2D eigenvalue weighted by molar-refractivity contribution is 0.297. The molecule has 3 N–H and O–H groups in total. The van der Waals surface area contributed by atoms with E-state index in [1.807, 2.05) is 6.92 Å². The third-order valence-corrected chi connectivity index (χ3v) is 1.93. The normalized spacial score (nSPS) is 10.0. The number of ether oxygens (including phenoxy) is 1. The van der Waals surface area contributed by atoms with Gasteiger partial charge in [0.25, 0.3) is 0 Å². The molecule has 0 aromatic heterocycles. The quantitative estimate of drug-likeness (QED) is 0.445. The van der Waals surface area contributed by atoms with Crippen LogP contribution >= 0.6 is 0 Å². The first kappa shape index (κ1) is 11.5. The zero-order chi connectivity index (χ0) is 11.3. The van der Waals surface area contributed by atoms with E-state index in [-0.39, 0.29) is 17.4 Å². The average molecular weight is 210 g/mol. The SMILES string of the molecule is Cc1ccc(F)c(OCCCC(=N)N)c1. The van der Waals surface area contributed by atoms with E-state index in [0.29, 0.717) is 19.4 Å². The summed E-state index contributed by atoms with van der Waals surface area (Å²) in [5.41, 5.74) is 6.14. The molecule has 0 bridgehead atoms. The van der Waals surface area contributed by atoms with E-state index in [1.165, 1.54) is 6.07 Å². The molecule has 4 heteroatoms. The topological polar surface area (TPSA) is 59.1 Å². The minimum Gasteiger partial charge on any atom is -0.490 e. The van der Waals surface area contributed by atoms with E-state index in [2.05, 4.69) is 0 Å². The van der Waals surface area contributed by atoms with Gasteiger partial charge in [0.2, 0.25) is 0 Å². The number of nitrogens with two attached hydrogens (primary N) is 1. The van der Waals surface area contributed by atoms with Crippen molar-refractivity contribution in [3.8, 4) is 5.75 Å². The highest BCUT2D eigenvalue weighted by molar-refractivity contribution is 5.76. The van der Waals surface area contributed by atoms with Gasteiger partial charge < -0.3 is 10.5 Å². The van der Waals surface area contributed by atoms with Crippen molar-refractivity contribution in [2.45, 2.75) is 19.8 Å². The smallest absolute Gasteiger partial charge is 0.165 e. The van der Waals surface area contributed by atoms with E-state index in [0.717, 1.165) is 5.56 Å². The van der Waals surface area contributed by atoms with Crippen molar-refractivity contribution in [3.63, 3.8) is 0 Å². The first-order valence-electron chi connectivity index (χ1n) is 4.81. The molecule has 0 saturated heterocycles. The van der Waals surface area contributed by atoms with E-state index in [9.17, 15) is 4.39 Å². The molecule has 82 valence electrons. The molecule has 0 fully saturated rings. The Balaban J connectivity index is 2.43. The monoisotopic (exact) mass is 210 g/mol. The van der Waals surface area contributed by atoms with Crippen molar-refractivity contribution in [1.29, 1.82) is 5.41 Å². The molecule has 15 heavy (non-hydrogen) atoms. The molecular formula is C11H15FN2O. The molecule has 0 aliphatic heterocycles. The van der Waals surface area contributed by atoms with E-state index in [1.54, 1.807) is 12.1 Å². The maximum absolute atomic E-state index is 13.2. The van der Waals surface area contributed by atoms with Gasteiger partial charge in [-0.25, -0.2) is 4.39 Å². The van der Waals surface area contributed by atoms with Gasteiger partial charge in [0.05, 0.1) is 12.4 Å². The molecule has 0 unspecified atom stereocenters. The lowest BCUT2D eigenvalue weighted by atomic mass is 10.2. The Morgan fingerprint density at radius 3 is 2.93 bits per heavy atom. The Bertz CT molecular complexity index is 352. The molecule has 0 radical (unpaired) electrons. The van der Waals surface area contributed by atoms with Crippen LogP contribution in [0, 0.1) is 18.2 Å². The summed E-state index contributed by atoms with van der Waals surface area (Å²) in [6.45, 7) is 2.25. The van der Waals surface area contributed by atoms with Crippen molar-refractivity contribution in [2.75, 3.05) is 6.61 Å². The lowest BCUT2D eigenvalue weighted by Crippen LogP contribution is -2.11. The summed E-state index contributed by atoms with van der Waals surface area (Å²) < 4.78 is 18.4. The van der Waals surface area contributed by atoms with Crippen molar-refractivity contribution in [3.05, 3.63) is 29.6 Å². The molecule has 0 aliphatic rings. The zero-order valence-corrected chi connectivity index (χ0v) is 8.72. The fourth-order valence-corrected chi connectivity index (χ4v) is 1.17. The average Bonchev–Trinajstić information content (AvgIpc) is 2.17. The minimum atomic E-state index is -0.358. The fraction of sp³-hybridized carbons (Fsp3) is 0.364. The second-order valence-electron chi connectivity index (χ2n) is 3.41. The van der Waals surface area contributed by atoms with Gasteiger partial charge in [-0.1, -0.05) is 6.07 Å². The van der Waals surface area contributed by atoms with Crippen LogP contribution in [-0.2, 0) is 0 Å². The van der Waals surface area contributed by atoms with Crippen LogP contribution in [0.5, 0.6) is 5.75 Å². The molecule has 0 saturated carbocycles. The lowest BCUT2D eigenvalue weighted by Gasteiger charge is -2.07. The Morgan fingerprint density at radius 1 is 1.53 bits per heavy atom. The van der Waals surface area contributed by atoms with Crippen molar-refractivity contribution in [2.24, 2.45) is 5.73 Å². The van der Waals surface area contributed by atoms with Crippen LogP contribution in [0.1, 0.15) is 18.4 Å². The number of aryl methyl sites for hydroxylation is 1. The second kappa shape index (κ2) is 5.34. The number of hydrogen-bond donors (Lipinski definition) is 2. The molecular weight excluding hydrogens is 195 g/mol. The molecule has 0 amide bonds. The van der Waals surface area contributed by atoms with E-state index < -0.39 is 0 Å². The van der Waals surface area contributed by atoms with Gasteiger partial charge in [0.15, 0.2) is 11.6 Å². The van der Waals surface area contributed by atoms with Crippen molar-refractivity contribution >= 4 is 5.84 Å². The number of hydrogen-bond acceptors (Lipinski definition) is 2. The van der Waals surface area contributed by atoms with Crippen LogP contribution in [0.4, 0.5) is 4.39 Å². The van der Waals surface area contributed by atoms with Crippen LogP contribution in [0.15, 0.2) is 18.2 Å². The highest BCUT2D eigenvalue weighted by Crippen LogP contribution is 2.18. The standard InChI is InChI=1S/C11H15FN2O/c1-8-4-5-9(12)10(7-8)15-6-2-3-11(13)14/h4-5,7H,2-3,6H2,1H3,(H3,13,14). The molecule has 0 heterocycles. The van der Waals surface area contributed by atoms with Gasteiger partial charge in [0.1, 0.15) is 0 Å². The zero-order valence-electron chi connectivity index (χ0n) is 8.72. The second-order valence-corrected chi connectivity index (χ2v) is 3.41. The third-order valence-electron chi connectivity index (χ3n) is 1.93. The summed E-state index contributed by atoms with van der Waals surface area (Å²) in [5.74, 6) is 0.0327. The Hall–Kier alpha value is -1.58. The first-order valence-corrected chi connectivity index (χ1v) is 4.81. The summed E-state index contributed by atoms with van der Waals surface area (Å²) in [5, 5.41) is 7.00. The van der Waals surface area contributed by atoms with Crippen molar-refractivity contribution in [1.82, 2.24) is 0 Å². The Morgan fingerprint density at radius 2 is 2.27 bits per heavy atom. The highest BCUT2D eigenvalue weighted by Gasteiger charge is 2.02. The number of rotatable bonds is 5. The molecule has 0 atom stereocenters. The van der Waals surface area contributed by atoms with Crippen LogP contribution in [0.2, 0.25) is 0 Å². The Labute approximate surface area is 88.6 Å². The molecule has 0 aliphatic carbocycles. The van der Waals surface area contributed by atoms with Gasteiger partial charge in [0, 0.05) is 6.42 Å². The van der Waals surface area contributed by atoms with E-state index in [4.69, 9.17) is 15.9 Å². The summed E-state index contributed by atoms with van der Waals surface area (Å²) in [4.78, 5) is 0. The van der Waals surface area contributed by atoms with Gasteiger partial charge in [-0.3, -0.25) is 5.41 Å². The third kappa shape index (κ3) is 3.97. The van der Waals surface area contributed by atoms with Crippen LogP contribution < -0.4 is 10.5 Å². The molecule has 0 spiro atoms. The fourth-order valence-electron chi connectivity index (χ4n) is 1.17. The number of nitrogens with one attached hydrogen (secondary N) is 1. The van der Waals surface area contributed by atoms with Gasteiger partial charge in [-0.2, -0.15) is 0 Å². The van der Waals surface area contributed by atoms with Gasteiger partial charge in [-0.05, 0) is 31.0 Å². The number of benzene rings is 1. The van der Waals surface area contributed by atoms with Crippen LogP contribution in [-0.4, -0.2) is 12.4 Å². The van der Waals surface area contributed by atoms with Gasteiger partial charge in [-0.15, -0.1) is 0 Å². The van der Waals surface area contributed by atoms with Crippen molar-refractivity contribution < 1.29 is 9.13 Å². The number of halogens is 1. The molecule has 3 nitrogen and oxygen atoms in total. The summed E-state index contributed by atoms with van der Waals surface area (Å²) in [6, 6.07) is 4.73. The maximum atomic E-state index is 13.2. The maximum Gasteiger partial charge on any atom is 0.165 e. The number of amidine groups is 1. The highest BCUT2D eigenvalue weighted by atomic mass is 19.1. The summed E-state index contributed by atoms with van der Waals surface area (Å²) in [6.07, 6.45) is 1.11. The largest absolute Gasteiger partial charge is 0.490 e. The van der Waals surface area contributed by atoms with Gasteiger partial charge >= 0.3 is 0 Å². The summed E-state index contributed by atoms with van der Waals surface area (Å²) >= 11 is 0. The van der Waals surface area contributed by atoms with E-state index >= 15 is 0 Å². The molecule has 1 aromatic carbocycles. The predicted octanol–water partition coefficient (Wildman–Crippen LogP) is 2.23. The molecule has 1 aromatic rings. The first-order chi connectivity index (χ1) is 7.09. The minimum absolute atomic E-state index is 0.128. The predicted molar refractivity (Wildman–Crippen MR) is 57.8 cm³/mol.